The molecule has 0 spiro atoms. The normalized spacial score (nSPS) is 11.1. The summed E-state index contributed by atoms with van der Waals surface area (Å²) in [5, 5.41) is 3.54. The Kier molecular flexibility index (Phi) is 3.61. The molecule has 0 aliphatic rings. The highest BCUT2D eigenvalue weighted by Crippen LogP contribution is 2.17. The minimum atomic E-state index is -3.76. The molecule has 0 aliphatic heterocycles. The van der Waals surface area contributed by atoms with Gasteiger partial charge >= 0.3 is 10.2 Å². The number of rotatable bonds is 5. The van der Waals surface area contributed by atoms with Crippen molar-refractivity contribution in [1.29, 1.82) is 0 Å². The summed E-state index contributed by atoms with van der Waals surface area (Å²) in [6, 6.07) is 7.96. The molecule has 0 amide bonds. The van der Waals surface area contributed by atoms with Crippen molar-refractivity contribution in [2.75, 3.05) is 16.6 Å². The Bertz CT molecular complexity index is 649. The molecule has 0 bridgehead atoms. The number of benzene rings is 1. The maximum Gasteiger partial charge on any atom is 0.322 e. The summed E-state index contributed by atoms with van der Waals surface area (Å²) in [5.41, 5.74) is 0.411. The lowest BCUT2D eigenvalue weighted by Gasteiger charge is -2.08. The van der Waals surface area contributed by atoms with Crippen LogP contribution in [-0.4, -0.2) is 20.7 Å². The molecule has 19 heavy (non-hydrogen) atoms. The van der Waals surface area contributed by atoms with E-state index in [1.54, 1.807) is 31.2 Å². The van der Waals surface area contributed by atoms with Gasteiger partial charge in [0, 0.05) is 6.07 Å². The molecule has 1 aromatic carbocycles. The van der Waals surface area contributed by atoms with Crippen LogP contribution in [0.25, 0.3) is 0 Å². The maximum atomic E-state index is 11.8. The topological polar surface area (TPSA) is 93.5 Å². The highest BCUT2D eigenvalue weighted by molar-refractivity contribution is 7.94. The lowest BCUT2D eigenvalue weighted by atomic mass is 10.3. The number of ether oxygens (including phenoxy) is 1. The average molecular weight is 283 g/mol. The molecule has 2 aromatic rings. The zero-order valence-electron chi connectivity index (χ0n) is 10.4. The number of nitrogens with zero attached hydrogens (tertiary/aromatic N) is 1. The van der Waals surface area contributed by atoms with Gasteiger partial charge in [-0.3, -0.25) is 4.72 Å². The van der Waals surface area contributed by atoms with E-state index in [4.69, 9.17) is 9.26 Å². The molecule has 7 nitrogen and oxygen atoms in total. The Balaban J connectivity index is 2.07. The van der Waals surface area contributed by atoms with Gasteiger partial charge in [0.2, 0.25) is 0 Å². The van der Waals surface area contributed by atoms with Crippen molar-refractivity contribution in [1.82, 2.24) is 5.16 Å². The zero-order valence-corrected chi connectivity index (χ0v) is 11.2. The van der Waals surface area contributed by atoms with Crippen molar-refractivity contribution in [3.8, 4) is 5.75 Å². The van der Waals surface area contributed by atoms with Gasteiger partial charge in [-0.15, -0.1) is 0 Å². The van der Waals surface area contributed by atoms with Crippen LogP contribution in [0.15, 0.2) is 34.9 Å². The SMILES string of the molecule is COc1ccc(NS(=O)(=O)Nc2cc(C)on2)cc1. The molecule has 0 saturated heterocycles. The molecule has 0 aliphatic carbocycles. The second-order valence-corrected chi connectivity index (χ2v) is 5.17. The van der Waals surface area contributed by atoms with Crippen molar-refractivity contribution in [2.45, 2.75) is 6.92 Å². The van der Waals surface area contributed by atoms with Crippen LogP contribution in [0, 0.1) is 6.92 Å². The van der Waals surface area contributed by atoms with E-state index in [-0.39, 0.29) is 5.82 Å². The van der Waals surface area contributed by atoms with Crippen molar-refractivity contribution in [2.24, 2.45) is 0 Å². The van der Waals surface area contributed by atoms with E-state index in [1.165, 1.54) is 13.2 Å². The van der Waals surface area contributed by atoms with Crippen LogP contribution in [0.1, 0.15) is 5.76 Å². The fourth-order valence-corrected chi connectivity index (χ4v) is 2.26. The van der Waals surface area contributed by atoms with Crippen molar-refractivity contribution in [3.63, 3.8) is 0 Å². The highest BCUT2D eigenvalue weighted by atomic mass is 32.2. The van der Waals surface area contributed by atoms with Crippen LogP contribution >= 0.6 is 0 Å². The minimum absolute atomic E-state index is 0.124. The van der Waals surface area contributed by atoms with Crippen molar-refractivity contribution in [3.05, 3.63) is 36.1 Å². The molecule has 0 saturated carbocycles. The number of aromatic nitrogens is 1. The summed E-state index contributed by atoms with van der Waals surface area (Å²) < 4.78 is 37.9. The second-order valence-electron chi connectivity index (χ2n) is 3.76. The summed E-state index contributed by atoms with van der Waals surface area (Å²) in [6.07, 6.45) is 0. The summed E-state index contributed by atoms with van der Waals surface area (Å²) in [5.74, 6) is 1.28. The van der Waals surface area contributed by atoms with Gasteiger partial charge in [-0.05, 0) is 31.2 Å². The summed E-state index contributed by atoms with van der Waals surface area (Å²) in [6.45, 7) is 1.67. The minimum Gasteiger partial charge on any atom is -0.497 e. The van der Waals surface area contributed by atoms with Gasteiger partial charge in [0.05, 0.1) is 12.8 Å². The van der Waals surface area contributed by atoms with Crippen LogP contribution in [0.2, 0.25) is 0 Å². The third kappa shape index (κ3) is 3.62. The number of nitrogens with one attached hydrogen (secondary N) is 2. The molecule has 0 unspecified atom stereocenters. The monoisotopic (exact) mass is 283 g/mol. The lowest BCUT2D eigenvalue weighted by Crippen LogP contribution is -2.21. The van der Waals surface area contributed by atoms with Crippen LogP contribution in [-0.2, 0) is 10.2 Å². The standard InChI is InChI=1S/C11H13N3O4S/c1-8-7-11(12-18-8)14-19(15,16)13-9-3-5-10(17-2)6-4-9/h3-7,13H,1-2H3,(H,12,14). The largest absolute Gasteiger partial charge is 0.497 e. The van der Waals surface area contributed by atoms with Crippen LogP contribution in [0.3, 0.4) is 0 Å². The Morgan fingerprint density at radius 1 is 1.21 bits per heavy atom. The third-order valence-electron chi connectivity index (χ3n) is 2.21. The summed E-state index contributed by atoms with van der Waals surface area (Å²) >= 11 is 0. The molecule has 2 N–H and O–H groups in total. The fraction of sp³-hybridized carbons (Fsp3) is 0.182. The van der Waals surface area contributed by atoms with Crippen molar-refractivity contribution >= 4 is 21.7 Å². The third-order valence-corrected chi connectivity index (χ3v) is 3.19. The Hall–Kier alpha value is -2.22. The molecule has 1 heterocycles. The van der Waals surface area contributed by atoms with Gasteiger partial charge in [0.25, 0.3) is 0 Å². The molecular weight excluding hydrogens is 270 g/mol. The first-order valence-electron chi connectivity index (χ1n) is 5.36. The van der Waals surface area contributed by atoms with E-state index < -0.39 is 10.2 Å². The predicted octanol–water partition coefficient (Wildman–Crippen LogP) is 1.76. The Morgan fingerprint density at radius 3 is 2.42 bits per heavy atom. The van der Waals surface area contributed by atoms with Crippen LogP contribution < -0.4 is 14.2 Å². The first-order chi connectivity index (χ1) is 8.98. The maximum absolute atomic E-state index is 11.8. The number of methoxy groups -OCH3 is 1. The van der Waals surface area contributed by atoms with E-state index in [9.17, 15) is 8.42 Å². The number of hydrogen-bond acceptors (Lipinski definition) is 5. The summed E-state index contributed by atoms with van der Waals surface area (Å²) in [7, 11) is -2.22. The van der Waals surface area contributed by atoms with Crippen molar-refractivity contribution < 1.29 is 17.7 Å². The quantitative estimate of drug-likeness (QED) is 0.872. The second kappa shape index (κ2) is 5.19. The average Bonchev–Trinajstić information content (AvgIpc) is 2.74. The smallest absolute Gasteiger partial charge is 0.322 e. The van der Waals surface area contributed by atoms with Gasteiger partial charge in [-0.25, -0.2) is 4.72 Å². The Labute approximate surface area is 110 Å². The van der Waals surface area contributed by atoms with E-state index in [0.29, 0.717) is 17.2 Å². The predicted molar refractivity (Wildman–Crippen MR) is 70.4 cm³/mol. The summed E-state index contributed by atoms with van der Waals surface area (Å²) in [4.78, 5) is 0. The van der Waals surface area contributed by atoms with Gasteiger partial charge < -0.3 is 9.26 Å². The highest BCUT2D eigenvalue weighted by Gasteiger charge is 2.12. The molecular formula is C11H13N3O4S. The molecule has 8 heteroatoms. The zero-order chi connectivity index (χ0) is 13.9. The first-order valence-corrected chi connectivity index (χ1v) is 6.85. The number of hydrogen-bond donors (Lipinski definition) is 2. The molecule has 1 aromatic heterocycles. The lowest BCUT2D eigenvalue weighted by molar-refractivity contribution is 0.400. The van der Waals surface area contributed by atoms with Gasteiger partial charge in [0.1, 0.15) is 11.5 Å². The number of anilines is 2. The van der Waals surface area contributed by atoms with Gasteiger partial charge in [-0.1, -0.05) is 5.16 Å². The molecule has 2 rings (SSSR count). The Morgan fingerprint density at radius 2 is 1.89 bits per heavy atom. The van der Waals surface area contributed by atoms with Gasteiger partial charge in [-0.2, -0.15) is 8.42 Å². The van der Waals surface area contributed by atoms with E-state index in [1.807, 2.05) is 0 Å². The fourth-order valence-electron chi connectivity index (χ4n) is 1.39. The molecule has 0 fully saturated rings. The first kappa shape index (κ1) is 13.2. The van der Waals surface area contributed by atoms with Gasteiger partial charge in [0.15, 0.2) is 5.82 Å². The molecule has 0 atom stereocenters. The molecule has 102 valence electrons. The van der Waals surface area contributed by atoms with E-state index in [0.717, 1.165) is 0 Å². The van der Waals surface area contributed by atoms with E-state index in [2.05, 4.69) is 14.6 Å². The molecule has 0 radical (unpaired) electrons. The van der Waals surface area contributed by atoms with Crippen LogP contribution in [0.4, 0.5) is 11.5 Å². The van der Waals surface area contributed by atoms with E-state index >= 15 is 0 Å². The number of aryl methyl sites for hydroxylation is 1. The van der Waals surface area contributed by atoms with Crippen LogP contribution in [0.5, 0.6) is 5.75 Å².